The quantitative estimate of drug-likeness (QED) is 0.837. The van der Waals surface area contributed by atoms with Gasteiger partial charge in [-0.3, -0.25) is 4.57 Å². The SMILES string of the molecule is C[C@H]1CC(c2ccc3c(c2)oc(=O)n3C)CCN1. The van der Waals surface area contributed by atoms with Crippen molar-refractivity contribution >= 4 is 11.1 Å². The minimum absolute atomic E-state index is 0.291. The number of nitrogens with one attached hydrogen (secondary N) is 1. The molecule has 1 aliphatic heterocycles. The Bertz CT molecular complexity index is 626. The van der Waals surface area contributed by atoms with E-state index in [2.05, 4.69) is 18.3 Å². The molecule has 1 aliphatic rings. The number of hydrogen-bond acceptors (Lipinski definition) is 3. The lowest BCUT2D eigenvalue weighted by atomic mass is 9.87. The summed E-state index contributed by atoms with van der Waals surface area (Å²) in [4.78, 5) is 11.5. The van der Waals surface area contributed by atoms with Gasteiger partial charge in [0, 0.05) is 13.1 Å². The summed E-state index contributed by atoms with van der Waals surface area (Å²) in [5.74, 6) is 0.275. The number of hydrogen-bond donors (Lipinski definition) is 1. The summed E-state index contributed by atoms with van der Waals surface area (Å²) in [6, 6.07) is 6.70. The summed E-state index contributed by atoms with van der Waals surface area (Å²) in [6.45, 7) is 3.27. The fraction of sp³-hybridized carbons (Fsp3) is 0.500. The van der Waals surface area contributed by atoms with Crippen LogP contribution < -0.4 is 11.1 Å². The Morgan fingerprint density at radius 1 is 1.44 bits per heavy atom. The van der Waals surface area contributed by atoms with E-state index in [-0.39, 0.29) is 5.76 Å². The number of rotatable bonds is 1. The van der Waals surface area contributed by atoms with Gasteiger partial charge < -0.3 is 9.73 Å². The largest absolute Gasteiger partial charge is 0.419 e. The van der Waals surface area contributed by atoms with E-state index in [0.29, 0.717) is 17.5 Å². The van der Waals surface area contributed by atoms with Crippen molar-refractivity contribution in [2.75, 3.05) is 6.54 Å². The lowest BCUT2D eigenvalue weighted by Gasteiger charge is -2.28. The monoisotopic (exact) mass is 246 g/mol. The first-order chi connectivity index (χ1) is 8.65. The Labute approximate surface area is 106 Å². The van der Waals surface area contributed by atoms with Crippen molar-refractivity contribution in [3.05, 3.63) is 34.3 Å². The molecular weight excluding hydrogens is 228 g/mol. The van der Waals surface area contributed by atoms with E-state index in [9.17, 15) is 4.79 Å². The minimum atomic E-state index is -0.291. The number of benzene rings is 1. The van der Waals surface area contributed by atoms with Gasteiger partial charge in [-0.05, 0) is 49.9 Å². The molecule has 3 rings (SSSR count). The average Bonchev–Trinajstić information content (AvgIpc) is 2.65. The van der Waals surface area contributed by atoms with Gasteiger partial charge in [0.25, 0.3) is 0 Å². The van der Waals surface area contributed by atoms with Crippen LogP contribution in [0.25, 0.3) is 11.1 Å². The number of aryl methyl sites for hydroxylation is 1. The molecule has 0 saturated carbocycles. The highest BCUT2D eigenvalue weighted by Gasteiger charge is 2.20. The number of piperidine rings is 1. The molecular formula is C14H18N2O2. The van der Waals surface area contributed by atoms with Crippen molar-refractivity contribution in [2.24, 2.45) is 7.05 Å². The third-order valence-corrected chi connectivity index (χ3v) is 3.91. The predicted octanol–water partition coefficient (Wildman–Crippen LogP) is 1.99. The van der Waals surface area contributed by atoms with E-state index < -0.39 is 0 Å². The zero-order valence-corrected chi connectivity index (χ0v) is 10.8. The number of oxazole rings is 1. The Balaban J connectivity index is 2.00. The maximum absolute atomic E-state index is 11.5. The predicted molar refractivity (Wildman–Crippen MR) is 70.9 cm³/mol. The lowest BCUT2D eigenvalue weighted by molar-refractivity contribution is 0.381. The molecule has 0 radical (unpaired) electrons. The topological polar surface area (TPSA) is 47.2 Å². The van der Waals surface area contributed by atoms with E-state index in [0.717, 1.165) is 24.9 Å². The van der Waals surface area contributed by atoms with Gasteiger partial charge in [-0.15, -0.1) is 0 Å². The first-order valence-corrected chi connectivity index (χ1v) is 6.48. The standard InChI is InChI=1S/C14H18N2O2/c1-9-7-11(5-6-15-9)10-3-4-12-13(8-10)18-14(17)16(12)2/h3-4,8-9,11,15H,5-7H2,1-2H3/t9-,11?/m0/s1. The third kappa shape index (κ3) is 1.86. The Morgan fingerprint density at radius 3 is 3.06 bits per heavy atom. The molecule has 1 unspecified atom stereocenters. The van der Waals surface area contributed by atoms with Gasteiger partial charge in [-0.25, -0.2) is 4.79 Å². The van der Waals surface area contributed by atoms with Gasteiger partial charge in [-0.1, -0.05) is 6.07 Å². The fourth-order valence-electron chi connectivity index (χ4n) is 2.84. The first kappa shape index (κ1) is 11.5. The van der Waals surface area contributed by atoms with Crippen molar-refractivity contribution in [1.82, 2.24) is 9.88 Å². The van der Waals surface area contributed by atoms with Gasteiger partial charge >= 0.3 is 5.76 Å². The number of aromatic nitrogens is 1. The van der Waals surface area contributed by atoms with Gasteiger partial charge in [0.1, 0.15) is 0 Å². The highest BCUT2D eigenvalue weighted by Crippen LogP contribution is 2.29. The van der Waals surface area contributed by atoms with Crippen molar-refractivity contribution in [2.45, 2.75) is 31.7 Å². The Hall–Kier alpha value is -1.55. The van der Waals surface area contributed by atoms with Crippen LogP contribution in [0.5, 0.6) is 0 Å². The molecule has 2 heterocycles. The molecule has 1 aromatic carbocycles. The average molecular weight is 246 g/mol. The van der Waals surface area contributed by atoms with E-state index in [4.69, 9.17) is 4.42 Å². The van der Waals surface area contributed by atoms with Crippen LogP contribution >= 0.6 is 0 Å². The van der Waals surface area contributed by atoms with Gasteiger partial charge in [0.05, 0.1) is 5.52 Å². The normalized spacial score (nSPS) is 24.6. The highest BCUT2D eigenvalue weighted by atomic mass is 16.4. The summed E-state index contributed by atoms with van der Waals surface area (Å²) < 4.78 is 6.79. The molecule has 4 heteroatoms. The van der Waals surface area contributed by atoms with E-state index in [1.807, 2.05) is 12.1 Å². The fourth-order valence-corrected chi connectivity index (χ4v) is 2.84. The second-order valence-electron chi connectivity index (χ2n) is 5.23. The zero-order chi connectivity index (χ0) is 12.7. The molecule has 1 aromatic heterocycles. The van der Waals surface area contributed by atoms with Crippen molar-refractivity contribution in [3.63, 3.8) is 0 Å². The van der Waals surface area contributed by atoms with Gasteiger partial charge in [0.15, 0.2) is 5.58 Å². The van der Waals surface area contributed by atoms with Crippen LogP contribution in [0, 0.1) is 0 Å². The molecule has 0 aliphatic carbocycles. The number of nitrogens with zero attached hydrogens (tertiary/aromatic N) is 1. The Morgan fingerprint density at radius 2 is 2.28 bits per heavy atom. The maximum atomic E-state index is 11.5. The van der Waals surface area contributed by atoms with Gasteiger partial charge in [0.2, 0.25) is 0 Å². The molecule has 4 nitrogen and oxygen atoms in total. The molecule has 1 saturated heterocycles. The lowest BCUT2D eigenvalue weighted by Crippen LogP contribution is -2.34. The van der Waals surface area contributed by atoms with Crippen LogP contribution in [0.3, 0.4) is 0 Å². The molecule has 0 spiro atoms. The molecule has 96 valence electrons. The van der Waals surface area contributed by atoms with Crippen LogP contribution in [0.1, 0.15) is 31.2 Å². The molecule has 1 fully saturated rings. The van der Waals surface area contributed by atoms with Gasteiger partial charge in [-0.2, -0.15) is 0 Å². The summed E-state index contributed by atoms with van der Waals surface area (Å²) in [5.41, 5.74) is 2.85. The molecule has 2 atom stereocenters. The van der Waals surface area contributed by atoms with E-state index in [1.165, 1.54) is 5.56 Å². The van der Waals surface area contributed by atoms with Crippen LogP contribution in [-0.2, 0) is 7.05 Å². The van der Waals surface area contributed by atoms with Crippen LogP contribution in [0.4, 0.5) is 0 Å². The van der Waals surface area contributed by atoms with E-state index in [1.54, 1.807) is 11.6 Å². The molecule has 0 amide bonds. The van der Waals surface area contributed by atoms with Crippen LogP contribution in [-0.4, -0.2) is 17.2 Å². The second-order valence-corrected chi connectivity index (χ2v) is 5.23. The Kier molecular flexibility index (Phi) is 2.74. The summed E-state index contributed by atoms with van der Waals surface area (Å²) >= 11 is 0. The summed E-state index contributed by atoms with van der Waals surface area (Å²) in [5, 5.41) is 3.45. The highest BCUT2D eigenvalue weighted by molar-refractivity contribution is 5.73. The molecule has 1 N–H and O–H groups in total. The first-order valence-electron chi connectivity index (χ1n) is 6.48. The van der Waals surface area contributed by atoms with Crippen molar-refractivity contribution in [3.8, 4) is 0 Å². The van der Waals surface area contributed by atoms with Crippen molar-refractivity contribution in [1.29, 1.82) is 0 Å². The maximum Gasteiger partial charge on any atom is 0.419 e. The minimum Gasteiger partial charge on any atom is -0.408 e. The number of fused-ring (bicyclic) bond motifs is 1. The van der Waals surface area contributed by atoms with Crippen LogP contribution in [0.15, 0.2) is 27.4 Å². The molecule has 2 aromatic rings. The van der Waals surface area contributed by atoms with Crippen LogP contribution in [0.2, 0.25) is 0 Å². The smallest absolute Gasteiger partial charge is 0.408 e. The summed E-state index contributed by atoms with van der Waals surface area (Å²) in [7, 11) is 1.74. The van der Waals surface area contributed by atoms with Crippen molar-refractivity contribution < 1.29 is 4.42 Å². The summed E-state index contributed by atoms with van der Waals surface area (Å²) in [6.07, 6.45) is 2.29. The molecule has 18 heavy (non-hydrogen) atoms. The van der Waals surface area contributed by atoms with E-state index >= 15 is 0 Å². The molecule has 0 bridgehead atoms. The third-order valence-electron chi connectivity index (χ3n) is 3.91. The zero-order valence-electron chi connectivity index (χ0n) is 10.8. The second kappa shape index (κ2) is 4.28.